The third-order valence-electron chi connectivity index (χ3n) is 5.55. The zero-order chi connectivity index (χ0) is 27.4. The zero-order valence-corrected chi connectivity index (χ0v) is 22.6. The molecule has 0 unspecified atom stereocenters. The number of halogens is 4. The van der Waals surface area contributed by atoms with E-state index in [4.69, 9.17) is 21.1 Å². The van der Waals surface area contributed by atoms with E-state index >= 15 is 0 Å². The summed E-state index contributed by atoms with van der Waals surface area (Å²) in [4.78, 5) is 33.0. The van der Waals surface area contributed by atoms with Crippen LogP contribution in [0.2, 0.25) is 5.02 Å². The molecule has 0 saturated carbocycles. The molecule has 3 amide bonds. The summed E-state index contributed by atoms with van der Waals surface area (Å²) in [5.41, 5.74) is -0.0745. The number of allylic oxidation sites excluding steroid dienone is 2. The molecule has 0 atom stereocenters. The van der Waals surface area contributed by atoms with E-state index < -0.39 is 34.5 Å². The van der Waals surface area contributed by atoms with Gasteiger partial charge in [-0.05, 0) is 40.7 Å². The van der Waals surface area contributed by atoms with Gasteiger partial charge in [0, 0.05) is 35.9 Å². The molecule has 1 aromatic rings. The van der Waals surface area contributed by atoms with E-state index in [1.807, 2.05) is 0 Å². The van der Waals surface area contributed by atoms with Crippen molar-refractivity contribution < 1.29 is 36.8 Å². The van der Waals surface area contributed by atoms with Crippen LogP contribution in [0.15, 0.2) is 39.7 Å². The fourth-order valence-electron chi connectivity index (χ4n) is 4.19. The van der Waals surface area contributed by atoms with Crippen molar-refractivity contribution >= 4 is 52.7 Å². The highest BCUT2D eigenvalue weighted by Gasteiger charge is 2.46. The lowest BCUT2D eigenvalue weighted by atomic mass is 10.0. The van der Waals surface area contributed by atoms with Crippen molar-refractivity contribution in [1.29, 1.82) is 0 Å². The molecule has 0 radical (unpaired) electrons. The van der Waals surface area contributed by atoms with Gasteiger partial charge in [-0.1, -0.05) is 11.6 Å². The first-order chi connectivity index (χ1) is 17.1. The molecule has 3 heterocycles. The Morgan fingerprint density at radius 2 is 1.84 bits per heavy atom. The highest BCUT2D eigenvalue weighted by Crippen LogP contribution is 2.49. The van der Waals surface area contributed by atoms with Crippen LogP contribution in [0.5, 0.6) is 0 Å². The first-order valence-corrected chi connectivity index (χ1v) is 12.5. The van der Waals surface area contributed by atoms with Crippen molar-refractivity contribution in [2.75, 3.05) is 19.5 Å². The molecule has 0 aliphatic carbocycles. The molecule has 0 spiro atoms. The minimum atomic E-state index is -4.73. The summed E-state index contributed by atoms with van der Waals surface area (Å²) < 4.78 is 53.8. The van der Waals surface area contributed by atoms with Gasteiger partial charge < -0.3 is 9.47 Å². The molecule has 0 fully saturated rings. The van der Waals surface area contributed by atoms with Crippen LogP contribution in [-0.4, -0.2) is 63.1 Å². The lowest BCUT2D eigenvalue weighted by Crippen LogP contribution is -2.41. The minimum absolute atomic E-state index is 0.0264. The number of hydrogen-bond acceptors (Lipinski definition) is 6. The Balaban J connectivity index is 1.88. The summed E-state index contributed by atoms with van der Waals surface area (Å²) in [7, 11) is 1.46. The minimum Gasteiger partial charge on any atom is -0.443 e. The monoisotopic (exact) mass is 557 g/mol. The number of hydrogen-bond donors (Lipinski definition) is 0. The van der Waals surface area contributed by atoms with Gasteiger partial charge in [0.05, 0.1) is 26.8 Å². The van der Waals surface area contributed by atoms with E-state index in [1.165, 1.54) is 33.9 Å². The van der Waals surface area contributed by atoms with Crippen molar-refractivity contribution in [2.45, 2.75) is 51.3 Å². The van der Waals surface area contributed by atoms with Crippen LogP contribution in [0.25, 0.3) is 0 Å². The number of methoxy groups -OCH3 is 1. The highest BCUT2D eigenvalue weighted by molar-refractivity contribution is 8.00. The van der Waals surface area contributed by atoms with Crippen LogP contribution < -0.4 is 0 Å². The fraction of sp³-hybridized carbons (Fsp3) is 0.417. The number of ether oxygens (including phenoxy) is 2. The number of carbonyl (C=O) groups is 2. The van der Waals surface area contributed by atoms with Gasteiger partial charge in [-0.15, -0.1) is 11.8 Å². The SMILES string of the molecule is COCC1=[N+]2C(=O)N=C(N3C=C(C)N(C(=O)OC(C)(C)C)C(C)=C3)c3cc(C(F)(F)F)c(Cl)c(c32)SC1. The summed E-state index contributed by atoms with van der Waals surface area (Å²) >= 11 is 7.34. The number of amides is 3. The van der Waals surface area contributed by atoms with Gasteiger partial charge in [-0.2, -0.15) is 22.5 Å². The van der Waals surface area contributed by atoms with E-state index in [0.717, 1.165) is 17.8 Å². The van der Waals surface area contributed by atoms with Crippen LogP contribution in [0.1, 0.15) is 45.7 Å². The topological polar surface area (TPSA) is 74.5 Å². The van der Waals surface area contributed by atoms with Gasteiger partial charge in [0.15, 0.2) is 5.69 Å². The predicted molar refractivity (Wildman–Crippen MR) is 133 cm³/mol. The predicted octanol–water partition coefficient (Wildman–Crippen LogP) is 6.35. The second-order valence-electron chi connectivity index (χ2n) is 9.57. The van der Waals surface area contributed by atoms with Crippen LogP contribution in [-0.2, 0) is 15.7 Å². The average Bonchev–Trinajstić information content (AvgIpc) is 2.75. The summed E-state index contributed by atoms with van der Waals surface area (Å²) in [5, 5.41) is -0.472. The first-order valence-electron chi connectivity index (χ1n) is 11.2. The highest BCUT2D eigenvalue weighted by atomic mass is 35.5. The number of urea groups is 1. The summed E-state index contributed by atoms with van der Waals surface area (Å²) in [5.74, 6) is 0.186. The lowest BCUT2D eigenvalue weighted by Gasteiger charge is -2.33. The van der Waals surface area contributed by atoms with Gasteiger partial charge in [-0.3, -0.25) is 9.80 Å². The average molecular weight is 558 g/mol. The van der Waals surface area contributed by atoms with Crippen molar-refractivity contribution in [3.8, 4) is 0 Å². The molecule has 13 heteroatoms. The number of rotatable bonds is 2. The molecule has 198 valence electrons. The number of carbonyl (C=O) groups excluding carboxylic acids is 2. The number of nitrogens with zero attached hydrogens (tertiary/aromatic N) is 4. The molecule has 0 N–H and O–H groups in total. The Morgan fingerprint density at radius 3 is 2.38 bits per heavy atom. The molecule has 0 aromatic heterocycles. The third-order valence-corrected chi connectivity index (χ3v) is 7.21. The van der Waals surface area contributed by atoms with Crippen molar-refractivity contribution in [2.24, 2.45) is 4.99 Å². The maximum atomic E-state index is 14.0. The van der Waals surface area contributed by atoms with E-state index in [-0.39, 0.29) is 34.3 Å². The summed E-state index contributed by atoms with van der Waals surface area (Å²) in [6.45, 7) is 8.59. The number of thioether (sulfide) groups is 1. The van der Waals surface area contributed by atoms with Crippen LogP contribution >= 0.6 is 23.4 Å². The van der Waals surface area contributed by atoms with Gasteiger partial charge in [0.25, 0.3) is 5.84 Å². The Kier molecular flexibility index (Phi) is 6.97. The molecule has 3 aliphatic rings. The quantitative estimate of drug-likeness (QED) is 0.394. The Labute approximate surface area is 221 Å². The summed E-state index contributed by atoms with van der Waals surface area (Å²) in [6, 6.07) is 0.223. The number of benzene rings is 1. The van der Waals surface area contributed by atoms with Gasteiger partial charge >= 0.3 is 18.3 Å². The van der Waals surface area contributed by atoms with E-state index in [2.05, 4.69) is 4.99 Å². The van der Waals surface area contributed by atoms with Crippen molar-refractivity contribution in [3.63, 3.8) is 0 Å². The molecule has 0 bridgehead atoms. The van der Waals surface area contributed by atoms with Crippen molar-refractivity contribution in [1.82, 2.24) is 9.80 Å². The van der Waals surface area contributed by atoms with Gasteiger partial charge in [0.2, 0.25) is 0 Å². The Hall–Kier alpha value is -2.83. The van der Waals surface area contributed by atoms with E-state index in [9.17, 15) is 22.8 Å². The van der Waals surface area contributed by atoms with Crippen LogP contribution in [0.4, 0.5) is 28.4 Å². The normalized spacial score (nSPS) is 17.9. The zero-order valence-electron chi connectivity index (χ0n) is 21.0. The third kappa shape index (κ3) is 5.01. The van der Waals surface area contributed by atoms with Gasteiger partial charge in [-0.25, -0.2) is 4.79 Å². The van der Waals surface area contributed by atoms with Crippen LogP contribution in [0.3, 0.4) is 0 Å². The second kappa shape index (κ2) is 9.48. The molecular formula is C24H25ClF3N4O4S+. The summed E-state index contributed by atoms with van der Waals surface area (Å²) in [6.07, 6.45) is -2.34. The second-order valence-corrected chi connectivity index (χ2v) is 10.9. The molecule has 4 rings (SSSR count). The lowest BCUT2D eigenvalue weighted by molar-refractivity contribution is -0.337. The van der Waals surface area contributed by atoms with E-state index in [0.29, 0.717) is 17.1 Å². The maximum absolute atomic E-state index is 14.0. The Bertz CT molecular complexity index is 1310. The first kappa shape index (κ1) is 27.2. The number of alkyl halides is 3. The molecule has 1 aromatic carbocycles. The Morgan fingerprint density at radius 1 is 1.22 bits per heavy atom. The maximum Gasteiger partial charge on any atom is 0.547 e. The molecule has 8 nitrogen and oxygen atoms in total. The number of amidine groups is 1. The fourth-order valence-corrected chi connectivity index (χ4v) is 5.70. The molecular weight excluding hydrogens is 533 g/mol. The van der Waals surface area contributed by atoms with Gasteiger partial charge in [0.1, 0.15) is 17.9 Å². The molecule has 37 heavy (non-hydrogen) atoms. The van der Waals surface area contributed by atoms with Crippen LogP contribution in [0, 0.1) is 0 Å². The molecule has 3 aliphatic heterocycles. The smallest absolute Gasteiger partial charge is 0.443 e. The molecule has 0 saturated heterocycles. The van der Waals surface area contributed by atoms with Crippen molar-refractivity contribution in [3.05, 3.63) is 46.0 Å². The largest absolute Gasteiger partial charge is 0.547 e. The van der Waals surface area contributed by atoms with E-state index in [1.54, 1.807) is 34.6 Å². The number of aliphatic imine (C=N–C) groups is 1. The standard InChI is InChI=1S/C24H25ClF3N4O4S/c1-12-8-30(9-13(2)31(12)22(34)36-23(3,4)5)20-15-7-16(24(26,27)28)17(25)19-18(15)32(21(33)29-20)14(10-35-6)11-37-19/h7-9H,10-11H2,1-6H3/q+1.